The molecule has 2 aliphatic rings. The number of hydrogen-bond donors (Lipinski definition) is 1. The van der Waals surface area contributed by atoms with Gasteiger partial charge in [0.05, 0.1) is 0 Å². The van der Waals surface area contributed by atoms with E-state index in [1.807, 2.05) is 0 Å². The van der Waals surface area contributed by atoms with Crippen molar-refractivity contribution < 1.29 is 4.79 Å². The predicted octanol–water partition coefficient (Wildman–Crippen LogP) is 1.39. The lowest BCUT2D eigenvalue weighted by Crippen LogP contribution is -2.45. The predicted molar refractivity (Wildman–Crippen MR) is 63.7 cm³/mol. The summed E-state index contributed by atoms with van der Waals surface area (Å²) in [4.78, 5) is 13.6. The van der Waals surface area contributed by atoms with Crippen molar-refractivity contribution >= 4 is 29.9 Å². The summed E-state index contributed by atoms with van der Waals surface area (Å²) >= 11 is 5.44. The first-order valence-corrected chi connectivity index (χ1v) is 5.92. The van der Waals surface area contributed by atoms with Gasteiger partial charge in [0.2, 0.25) is 5.91 Å². The lowest BCUT2D eigenvalue weighted by atomic mass is 10.1. The number of piperidine rings is 1. The van der Waals surface area contributed by atoms with E-state index in [0.29, 0.717) is 6.04 Å². The zero-order chi connectivity index (χ0) is 9.97. The molecule has 1 saturated carbocycles. The summed E-state index contributed by atoms with van der Waals surface area (Å²) in [6.45, 7) is 2.27. The van der Waals surface area contributed by atoms with Gasteiger partial charge < -0.3 is 10.2 Å². The number of likely N-dealkylation sites (tertiary alicyclic amines) is 1. The van der Waals surface area contributed by atoms with Crippen LogP contribution in [0.3, 0.4) is 0 Å². The van der Waals surface area contributed by atoms with Crippen molar-refractivity contribution in [1.29, 1.82) is 0 Å². The van der Waals surface area contributed by atoms with E-state index in [1.54, 1.807) is 0 Å². The number of rotatable bonds is 3. The molecule has 88 valence electrons. The first-order chi connectivity index (χ1) is 6.79. The Morgan fingerprint density at radius 2 is 1.87 bits per heavy atom. The highest BCUT2D eigenvalue weighted by molar-refractivity contribution is 6.27. The molecule has 5 heteroatoms. The molecule has 1 heterocycles. The maximum atomic E-state index is 11.1. The van der Waals surface area contributed by atoms with E-state index in [2.05, 4.69) is 10.2 Å². The molecule has 0 radical (unpaired) electrons. The van der Waals surface area contributed by atoms with Crippen LogP contribution in [-0.4, -0.2) is 41.9 Å². The molecule has 2 fully saturated rings. The summed E-state index contributed by atoms with van der Waals surface area (Å²) in [6, 6.07) is 1.22. The van der Waals surface area contributed by atoms with Crippen molar-refractivity contribution in [2.75, 3.05) is 19.0 Å². The van der Waals surface area contributed by atoms with Crippen LogP contribution in [0, 0.1) is 0 Å². The van der Waals surface area contributed by atoms with Crippen molar-refractivity contribution in [2.24, 2.45) is 0 Å². The molecule has 0 aromatic carbocycles. The molecule has 0 unspecified atom stereocenters. The molecule has 3 nitrogen and oxygen atoms in total. The number of nitrogens with zero attached hydrogens (tertiary/aromatic N) is 1. The van der Waals surface area contributed by atoms with Crippen LogP contribution in [-0.2, 0) is 4.79 Å². The Morgan fingerprint density at radius 3 is 2.33 bits per heavy atom. The second-order valence-corrected chi connectivity index (χ2v) is 4.51. The van der Waals surface area contributed by atoms with Crippen LogP contribution < -0.4 is 5.32 Å². The molecule has 0 bridgehead atoms. The van der Waals surface area contributed by atoms with E-state index < -0.39 is 0 Å². The fourth-order valence-electron chi connectivity index (χ4n) is 2.11. The van der Waals surface area contributed by atoms with Crippen LogP contribution in [0.2, 0.25) is 0 Å². The fourth-order valence-corrected chi connectivity index (χ4v) is 2.19. The van der Waals surface area contributed by atoms with Gasteiger partial charge in [0.25, 0.3) is 0 Å². The number of halogens is 2. The van der Waals surface area contributed by atoms with Crippen molar-refractivity contribution in [2.45, 2.75) is 37.8 Å². The van der Waals surface area contributed by atoms with E-state index >= 15 is 0 Å². The maximum Gasteiger partial charge on any atom is 0.235 e. The van der Waals surface area contributed by atoms with Gasteiger partial charge >= 0.3 is 0 Å². The molecule has 1 saturated heterocycles. The fraction of sp³-hybridized carbons (Fsp3) is 0.900. The van der Waals surface area contributed by atoms with Gasteiger partial charge in [-0.05, 0) is 25.7 Å². The SMILES string of the molecule is Cl.O=C(CCl)NC1CCN(C2CC2)CC1. The molecular formula is C10H18Cl2N2O. The van der Waals surface area contributed by atoms with Gasteiger partial charge in [-0.1, -0.05) is 0 Å². The molecule has 1 N–H and O–H groups in total. The molecule has 0 aromatic heterocycles. The van der Waals surface area contributed by atoms with Crippen LogP contribution in [0.4, 0.5) is 0 Å². The molecule has 0 atom stereocenters. The highest BCUT2D eigenvalue weighted by Crippen LogP contribution is 2.29. The number of amides is 1. The summed E-state index contributed by atoms with van der Waals surface area (Å²) in [6.07, 6.45) is 4.91. The zero-order valence-corrected chi connectivity index (χ0v) is 10.3. The summed E-state index contributed by atoms with van der Waals surface area (Å²) in [5.41, 5.74) is 0. The van der Waals surface area contributed by atoms with Gasteiger partial charge in [-0.25, -0.2) is 0 Å². The minimum absolute atomic E-state index is 0. The van der Waals surface area contributed by atoms with E-state index in [1.165, 1.54) is 12.8 Å². The monoisotopic (exact) mass is 252 g/mol. The normalized spacial score (nSPS) is 23.3. The Labute approximate surface area is 102 Å². The summed E-state index contributed by atoms with van der Waals surface area (Å²) in [5, 5.41) is 2.95. The van der Waals surface area contributed by atoms with Gasteiger partial charge in [0.15, 0.2) is 0 Å². The van der Waals surface area contributed by atoms with Gasteiger partial charge in [-0.2, -0.15) is 0 Å². The molecule has 15 heavy (non-hydrogen) atoms. The van der Waals surface area contributed by atoms with Crippen LogP contribution >= 0.6 is 24.0 Å². The number of nitrogens with one attached hydrogen (secondary N) is 1. The van der Waals surface area contributed by atoms with Crippen molar-refractivity contribution in [3.63, 3.8) is 0 Å². The highest BCUT2D eigenvalue weighted by Gasteiger charge is 2.31. The first kappa shape index (κ1) is 13.1. The Balaban J connectivity index is 0.00000112. The molecule has 1 aliphatic carbocycles. The Bertz CT molecular complexity index is 213. The summed E-state index contributed by atoms with van der Waals surface area (Å²) in [5.74, 6) is 0.0552. The van der Waals surface area contributed by atoms with Crippen molar-refractivity contribution in [3.05, 3.63) is 0 Å². The number of alkyl halides is 1. The third-order valence-corrected chi connectivity index (χ3v) is 3.32. The quantitative estimate of drug-likeness (QED) is 0.771. The lowest BCUT2D eigenvalue weighted by molar-refractivity contribution is -0.119. The maximum absolute atomic E-state index is 11.1. The van der Waals surface area contributed by atoms with Gasteiger partial charge in [0.1, 0.15) is 5.88 Å². The number of carbonyl (C=O) groups excluding carboxylic acids is 1. The molecule has 1 aliphatic heterocycles. The molecule has 1 amide bonds. The Morgan fingerprint density at radius 1 is 1.27 bits per heavy atom. The minimum atomic E-state index is -0.0310. The Hall–Kier alpha value is 0.01000. The van der Waals surface area contributed by atoms with Crippen LogP contribution in [0.1, 0.15) is 25.7 Å². The smallest absolute Gasteiger partial charge is 0.235 e. The number of carbonyl (C=O) groups is 1. The average molecular weight is 253 g/mol. The molecule has 0 spiro atoms. The molecular weight excluding hydrogens is 235 g/mol. The first-order valence-electron chi connectivity index (χ1n) is 5.39. The summed E-state index contributed by atoms with van der Waals surface area (Å²) in [7, 11) is 0. The van der Waals surface area contributed by atoms with Crippen LogP contribution in [0.15, 0.2) is 0 Å². The lowest BCUT2D eigenvalue weighted by Gasteiger charge is -2.32. The second kappa shape index (κ2) is 5.92. The van der Waals surface area contributed by atoms with E-state index in [0.717, 1.165) is 32.0 Å². The number of hydrogen-bond acceptors (Lipinski definition) is 2. The molecule has 2 rings (SSSR count). The standard InChI is InChI=1S/C10H17ClN2O.ClH/c11-7-10(14)12-8-3-5-13(6-4-8)9-1-2-9;/h8-9H,1-7H2,(H,12,14);1H. The van der Waals surface area contributed by atoms with Gasteiger partial charge in [-0.3, -0.25) is 4.79 Å². The van der Waals surface area contributed by atoms with Gasteiger partial charge in [0, 0.05) is 25.2 Å². The topological polar surface area (TPSA) is 32.3 Å². The Kier molecular flexibility index (Phi) is 5.16. The largest absolute Gasteiger partial charge is 0.352 e. The third kappa shape index (κ3) is 3.82. The van der Waals surface area contributed by atoms with E-state index in [4.69, 9.17) is 11.6 Å². The second-order valence-electron chi connectivity index (χ2n) is 4.24. The minimum Gasteiger partial charge on any atom is -0.352 e. The molecule has 0 aromatic rings. The van der Waals surface area contributed by atoms with E-state index in [-0.39, 0.29) is 24.2 Å². The van der Waals surface area contributed by atoms with Crippen LogP contribution in [0.5, 0.6) is 0 Å². The van der Waals surface area contributed by atoms with Gasteiger partial charge in [-0.15, -0.1) is 24.0 Å². The van der Waals surface area contributed by atoms with Crippen LogP contribution in [0.25, 0.3) is 0 Å². The van der Waals surface area contributed by atoms with Crippen molar-refractivity contribution in [3.8, 4) is 0 Å². The average Bonchev–Trinajstić information content (AvgIpc) is 3.02. The highest BCUT2D eigenvalue weighted by atomic mass is 35.5. The summed E-state index contributed by atoms with van der Waals surface area (Å²) < 4.78 is 0. The van der Waals surface area contributed by atoms with Crippen molar-refractivity contribution in [1.82, 2.24) is 10.2 Å². The third-order valence-electron chi connectivity index (χ3n) is 3.08. The van der Waals surface area contributed by atoms with E-state index in [9.17, 15) is 4.79 Å². The zero-order valence-electron chi connectivity index (χ0n) is 8.75.